The Labute approximate surface area is 211 Å². The maximum atomic E-state index is 9.54. The van der Waals surface area contributed by atoms with Crippen molar-refractivity contribution in [2.24, 2.45) is 0 Å². The van der Waals surface area contributed by atoms with Crippen LogP contribution in [0.5, 0.6) is 0 Å². The number of anilines is 2. The van der Waals surface area contributed by atoms with Crippen LogP contribution in [0.15, 0.2) is 48.8 Å². The normalized spacial score (nSPS) is 10.8. The Bertz CT molecular complexity index is 1690. The maximum Gasteiger partial charge on any atom is 0.169 e. The molecule has 10 nitrogen and oxygen atoms in total. The summed E-state index contributed by atoms with van der Waals surface area (Å²) in [6.07, 6.45) is 3.42. The van der Waals surface area contributed by atoms with Crippen LogP contribution < -0.4 is 11.1 Å². The third-order valence-corrected chi connectivity index (χ3v) is 6.09. The molecule has 0 aliphatic carbocycles. The smallest absolute Gasteiger partial charge is 0.169 e. The van der Waals surface area contributed by atoms with Crippen molar-refractivity contribution in [3.8, 4) is 34.7 Å². The van der Waals surface area contributed by atoms with Gasteiger partial charge >= 0.3 is 0 Å². The molecule has 0 radical (unpaired) electrons. The Kier molecular flexibility index (Phi) is 5.95. The van der Waals surface area contributed by atoms with Gasteiger partial charge in [-0.15, -0.1) is 0 Å². The van der Waals surface area contributed by atoms with Gasteiger partial charge in [-0.3, -0.25) is 9.78 Å². The van der Waals surface area contributed by atoms with E-state index in [9.17, 15) is 5.26 Å². The highest BCUT2D eigenvalue weighted by molar-refractivity contribution is 6.35. The molecule has 176 valence electrons. The number of aromatic amines is 1. The molecule has 0 amide bonds. The van der Waals surface area contributed by atoms with Crippen LogP contribution >= 0.6 is 11.6 Å². The first kappa shape index (κ1) is 22.8. The summed E-state index contributed by atoms with van der Waals surface area (Å²) in [5.74, 6) is 0.614. The number of hydrogen-bond acceptors (Lipinski definition) is 8. The summed E-state index contributed by atoms with van der Waals surface area (Å²) in [7, 11) is 0. The number of benzene rings is 2. The minimum atomic E-state index is 0.212. The molecule has 0 fully saturated rings. The molecule has 5 rings (SSSR count). The van der Waals surface area contributed by atoms with Crippen LogP contribution in [0.2, 0.25) is 5.02 Å². The molecule has 0 spiro atoms. The van der Waals surface area contributed by atoms with Gasteiger partial charge in [0.1, 0.15) is 6.07 Å². The highest BCUT2D eigenvalue weighted by atomic mass is 35.5. The summed E-state index contributed by atoms with van der Waals surface area (Å²) in [6.45, 7) is 2.82. The number of nitrogens with two attached hydrogens (primary N) is 1. The van der Waals surface area contributed by atoms with E-state index in [-0.39, 0.29) is 5.82 Å². The molecule has 0 aliphatic rings. The van der Waals surface area contributed by atoms with Crippen molar-refractivity contribution in [2.45, 2.75) is 13.5 Å². The van der Waals surface area contributed by atoms with Gasteiger partial charge in [-0.25, -0.2) is 9.97 Å². The maximum absolute atomic E-state index is 9.54. The third kappa shape index (κ3) is 4.17. The third-order valence-electron chi connectivity index (χ3n) is 5.79. The van der Waals surface area contributed by atoms with Gasteiger partial charge in [0.25, 0.3) is 0 Å². The van der Waals surface area contributed by atoms with E-state index in [1.807, 2.05) is 25.1 Å². The molecule has 11 heteroatoms. The van der Waals surface area contributed by atoms with Gasteiger partial charge in [0, 0.05) is 29.3 Å². The first-order valence-corrected chi connectivity index (χ1v) is 11.3. The van der Waals surface area contributed by atoms with Gasteiger partial charge in [-0.1, -0.05) is 23.7 Å². The molecule has 3 aromatic heterocycles. The van der Waals surface area contributed by atoms with Gasteiger partial charge < -0.3 is 11.1 Å². The zero-order valence-electron chi connectivity index (χ0n) is 19.1. The Morgan fingerprint density at radius 3 is 2.78 bits per heavy atom. The van der Waals surface area contributed by atoms with E-state index in [1.165, 1.54) is 0 Å². The van der Waals surface area contributed by atoms with Crippen molar-refractivity contribution >= 4 is 34.1 Å². The van der Waals surface area contributed by atoms with Crippen LogP contribution in [0.3, 0.4) is 0 Å². The minimum Gasteiger partial charge on any atom is -0.381 e. The molecule has 0 saturated carbocycles. The number of halogens is 1. The number of aromatic nitrogens is 6. The van der Waals surface area contributed by atoms with Crippen molar-refractivity contribution in [1.82, 2.24) is 29.9 Å². The summed E-state index contributed by atoms with van der Waals surface area (Å²) >= 11 is 6.53. The van der Waals surface area contributed by atoms with E-state index < -0.39 is 0 Å². The standard InChI is InChI=1S/C25H19ClN10/c1-14-15(11-27)3-2-4-19(14)23-22(16-9-17-13-31-34-21(17)20(26)10-16)33-25(24(29)32-23)30-6-8-36-7-5-18(12-28)35-36/h2-5,7,9-10,13H,6,8H2,1H3,(H2,29,32)(H,30,33)(H,31,34). The van der Waals surface area contributed by atoms with Crippen molar-refractivity contribution in [3.05, 3.63) is 70.6 Å². The lowest BCUT2D eigenvalue weighted by Crippen LogP contribution is -2.14. The van der Waals surface area contributed by atoms with E-state index in [1.54, 1.807) is 41.3 Å². The Morgan fingerprint density at radius 1 is 1.14 bits per heavy atom. The van der Waals surface area contributed by atoms with Gasteiger partial charge in [-0.2, -0.15) is 20.7 Å². The van der Waals surface area contributed by atoms with Gasteiger partial charge in [0.2, 0.25) is 0 Å². The first-order valence-electron chi connectivity index (χ1n) is 11.0. The molecule has 2 aromatic carbocycles. The van der Waals surface area contributed by atoms with Crippen LogP contribution in [-0.4, -0.2) is 36.5 Å². The number of fused-ring (bicyclic) bond motifs is 1. The van der Waals surface area contributed by atoms with Crippen LogP contribution in [0.4, 0.5) is 11.6 Å². The summed E-state index contributed by atoms with van der Waals surface area (Å²) in [6, 6.07) is 15.0. The van der Waals surface area contributed by atoms with E-state index in [4.69, 9.17) is 32.6 Å². The lowest BCUT2D eigenvalue weighted by Gasteiger charge is -2.16. The number of nitrogen functional groups attached to an aromatic ring is 1. The molecule has 0 bridgehead atoms. The van der Waals surface area contributed by atoms with E-state index >= 15 is 0 Å². The number of nitrogens with one attached hydrogen (secondary N) is 2. The lowest BCUT2D eigenvalue weighted by atomic mass is 9.96. The van der Waals surface area contributed by atoms with Gasteiger partial charge in [-0.05, 0) is 36.8 Å². The fourth-order valence-corrected chi connectivity index (χ4v) is 4.24. The van der Waals surface area contributed by atoms with E-state index in [0.29, 0.717) is 46.6 Å². The van der Waals surface area contributed by atoms with E-state index in [0.717, 1.165) is 27.6 Å². The highest BCUT2D eigenvalue weighted by Gasteiger charge is 2.19. The molecule has 5 aromatic rings. The first-order chi connectivity index (χ1) is 17.5. The molecule has 0 atom stereocenters. The zero-order valence-corrected chi connectivity index (χ0v) is 19.9. The average Bonchev–Trinajstić information content (AvgIpc) is 3.55. The second-order valence-electron chi connectivity index (χ2n) is 8.04. The van der Waals surface area contributed by atoms with Crippen LogP contribution in [0.25, 0.3) is 33.4 Å². The summed E-state index contributed by atoms with van der Waals surface area (Å²) in [5, 5.41) is 34.2. The summed E-state index contributed by atoms with van der Waals surface area (Å²) < 4.78 is 1.66. The van der Waals surface area contributed by atoms with Gasteiger partial charge in [0.15, 0.2) is 17.3 Å². The SMILES string of the molecule is Cc1c(C#N)cccc1-c1nc(N)c(NCCn2ccc(C#N)n2)nc1-c1cc(Cl)c2[nH]ncc2c1. The quantitative estimate of drug-likeness (QED) is 0.315. The fraction of sp³-hybridized carbons (Fsp3) is 0.120. The van der Waals surface area contributed by atoms with E-state index in [2.05, 4.69) is 26.7 Å². The van der Waals surface area contributed by atoms with Crippen LogP contribution in [0, 0.1) is 29.6 Å². The lowest BCUT2D eigenvalue weighted by molar-refractivity contribution is 0.635. The van der Waals surface area contributed by atoms with Crippen LogP contribution in [0.1, 0.15) is 16.8 Å². The van der Waals surface area contributed by atoms with Crippen molar-refractivity contribution in [2.75, 3.05) is 17.6 Å². The second-order valence-corrected chi connectivity index (χ2v) is 8.45. The number of H-pyrrole nitrogens is 1. The minimum absolute atomic E-state index is 0.212. The second kappa shape index (κ2) is 9.37. The predicted octanol–water partition coefficient (Wildman–Crippen LogP) is 4.28. The number of hydrogen-bond donors (Lipinski definition) is 3. The van der Waals surface area contributed by atoms with Crippen molar-refractivity contribution in [1.29, 1.82) is 10.5 Å². The summed E-state index contributed by atoms with van der Waals surface area (Å²) in [4.78, 5) is 9.56. The Balaban J connectivity index is 1.59. The number of nitriles is 2. The number of nitrogens with zero attached hydrogens (tertiary/aromatic N) is 7. The molecule has 3 heterocycles. The molecular weight excluding hydrogens is 476 g/mol. The zero-order chi connectivity index (χ0) is 25.2. The molecular formula is C25H19ClN10. The summed E-state index contributed by atoms with van der Waals surface area (Å²) in [5.41, 5.74) is 11.3. The largest absolute Gasteiger partial charge is 0.381 e. The van der Waals surface area contributed by atoms with Crippen molar-refractivity contribution in [3.63, 3.8) is 0 Å². The van der Waals surface area contributed by atoms with Crippen LogP contribution in [-0.2, 0) is 6.54 Å². The topological polar surface area (TPSA) is 158 Å². The predicted molar refractivity (Wildman–Crippen MR) is 137 cm³/mol. The number of rotatable bonds is 6. The Hall–Kier alpha value is -4.93. The molecule has 0 unspecified atom stereocenters. The fourth-order valence-electron chi connectivity index (χ4n) is 3.97. The molecule has 36 heavy (non-hydrogen) atoms. The molecule has 0 saturated heterocycles. The Morgan fingerprint density at radius 2 is 2.00 bits per heavy atom. The molecule has 0 aliphatic heterocycles. The molecule has 4 N–H and O–H groups in total. The highest BCUT2D eigenvalue weighted by Crippen LogP contribution is 2.37. The van der Waals surface area contributed by atoms with Crippen molar-refractivity contribution < 1.29 is 0 Å². The van der Waals surface area contributed by atoms with Gasteiger partial charge in [0.05, 0.1) is 46.3 Å². The monoisotopic (exact) mass is 494 g/mol. The average molecular weight is 495 g/mol.